The van der Waals surface area contributed by atoms with E-state index >= 15 is 0 Å². The molecule has 0 radical (unpaired) electrons. The maximum atomic E-state index is 12.4. The summed E-state index contributed by atoms with van der Waals surface area (Å²) >= 11 is 0. The van der Waals surface area contributed by atoms with Crippen LogP contribution in [0, 0.1) is 0 Å². The van der Waals surface area contributed by atoms with Gasteiger partial charge in [0.2, 0.25) is 0 Å². The molecule has 3 nitrogen and oxygen atoms in total. The van der Waals surface area contributed by atoms with Gasteiger partial charge in [0.05, 0.1) is 17.2 Å². The summed E-state index contributed by atoms with van der Waals surface area (Å²) in [5.41, 5.74) is 0.590. The van der Waals surface area contributed by atoms with Gasteiger partial charge in [-0.2, -0.15) is 0 Å². The molecule has 0 aliphatic heterocycles. The fraction of sp³-hybridized carbons (Fsp3) is 0.0714. The van der Waals surface area contributed by atoms with E-state index in [0.29, 0.717) is 15.4 Å². The van der Waals surface area contributed by atoms with Crippen molar-refractivity contribution in [1.29, 1.82) is 0 Å². The Balaban J connectivity index is 2.39. The summed E-state index contributed by atoms with van der Waals surface area (Å²) in [6.45, 7) is 0. The Kier molecular flexibility index (Phi) is 3.89. The number of hydrogen-bond donors (Lipinski definition) is 1. The van der Waals surface area contributed by atoms with E-state index in [2.05, 4.69) is 0 Å². The lowest BCUT2D eigenvalue weighted by Crippen LogP contribution is -2.05. The molecule has 0 spiro atoms. The maximum absolute atomic E-state index is 12.4. The van der Waals surface area contributed by atoms with Crippen LogP contribution in [0.2, 0.25) is 0 Å². The predicted octanol–water partition coefficient (Wildman–Crippen LogP) is 2.48. The standard InChI is InChI=1S/C14H12O3S/c15-14(16)10-11-6-4-5-9-13(11)18(17)12-7-2-1-3-8-12/h1-9H,10H2,(H,15,16)/t18-/m1/s1. The maximum Gasteiger partial charge on any atom is 0.307 e. The third-order valence-electron chi connectivity index (χ3n) is 2.47. The molecule has 1 N–H and O–H groups in total. The molecule has 0 saturated heterocycles. The highest BCUT2D eigenvalue weighted by Gasteiger charge is 2.13. The summed E-state index contributed by atoms with van der Waals surface area (Å²) in [4.78, 5) is 12.0. The molecule has 0 aliphatic rings. The Morgan fingerprint density at radius 2 is 1.61 bits per heavy atom. The van der Waals surface area contributed by atoms with Gasteiger partial charge in [0.1, 0.15) is 0 Å². The first kappa shape index (κ1) is 12.5. The van der Waals surface area contributed by atoms with Gasteiger partial charge in [0.25, 0.3) is 0 Å². The molecule has 0 bridgehead atoms. The van der Waals surface area contributed by atoms with Gasteiger partial charge in [-0.15, -0.1) is 0 Å². The van der Waals surface area contributed by atoms with Crippen molar-refractivity contribution in [3.63, 3.8) is 0 Å². The molecule has 92 valence electrons. The summed E-state index contributed by atoms with van der Waals surface area (Å²) < 4.78 is 12.4. The SMILES string of the molecule is O=C(O)Cc1ccccc1[S@](=O)c1ccccc1. The van der Waals surface area contributed by atoms with Gasteiger partial charge < -0.3 is 5.11 Å². The zero-order valence-electron chi connectivity index (χ0n) is 9.58. The normalized spacial score (nSPS) is 12.0. The summed E-state index contributed by atoms with van der Waals surface area (Å²) in [6.07, 6.45) is -0.116. The highest BCUT2D eigenvalue weighted by atomic mass is 32.2. The number of benzene rings is 2. The van der Waals surface area contributed by atoms with Crippen LogP contribution < -0.4 is 0 Å². The average molecular weight is 260 g/mol. The molecule has 4 heteroatoms. The molecule has 18 heavy (non-hydrogen) atoms. The second-order valence-electron chi connectivity index (χ2n) is 3.76. The second kappa shape index (κ2) is 5.60. The van der Waals surface area contributed by atoms with Gasteiger partial charge in [0, 0.05) is 9.79 Å². The minimum absolute atomic E-state index is 0.116. The quantitative estimate of drug-likeness (QED) is 0.918. The molecular formula is C14H12O3S. The van der Waals surface area contributed by atoms with Gasteiger partial charge in [-0.05, 0) is 23.8 Å². The van der Waals surface area contributed by atoms with Gasteiger partial charge in [-0.1, -0.05) is 36.4 Å². The van der Waals surface area contributed by atoms with Crippen molar-refractivity contribution < 1.29 is 14.1 Å². The fourth-order valence-electron chi connectivity index (χ4n) is 1.66. The lowest BCUT2D eigenvalue weighted by Gasteiger charge is -2.07. The number of hydrogen-bond acceptors (Lipinski definition) is 2. The first-order chi connectivity index (χ1) is 8.68. The first-order valence-corrected chi connectivity index (χ1v) is 6.60. The van der Waals surface area contributed by atoms with Crippen LogP contribution in [-0.4, -0.2) is 15.3 Å². The van der Waals surface area contributed by atoms with Crippen LogP contribution in [-0.2, 0) is 22.0 Å². The largest absolute Gasteiger partial charge is 0.481 e. The molecule has 0 fully saturated rings. The van der Waals surface area contributed by atoms with E-state index in [1.807, 2.05) is 18.2 Å². The number of rotatable bonds is 4. The Bertz CT molecular complexity index is 579. The molecule has 0 aliphatic carbocycles. The Morgan fingerprint density at radius 1 is 1.00 bits per heavy atom. The molecule has 0 unspecified atom stereocenters. The van der Waals surface area contributed by atoms with E-state index in [9.17, 15) is 9.00 Å². The highest BCUT2D eigenvalue weighted by molar-refractivity contribution is 7.85. The van der Waals surface area contributed by atoms with Crippen LogP contribution in [0.15, 0.2) is 64.4 Å². The van der Waals surface area contributed by atoms with E-state index in [1.54, 1.807) is 36.4 Å². The number of carboxylic acid groups (broad SMARTS) is 1. The van der Waals surface area contributed by atoms with Crippen LogP contribution in [0.4, 0.5) is 0 Å². The van der Waals surface area contributed by atoms with Crippen molar-refractivity contribution in [2.45, 2.75) is 16.2 Å². The first-order valence-electron chi connectivity index (χ1n) is 5.45. The van der Waals surface area contributed by atoms with E-state index < -0.39 is 16.8 Å². The monoisotopic (exact) mass is 260 g/mol. The van der Waals surface area contributed by atoms with Gasteiger partial charge in [0.15, 0.2) is 0 Å². The minimum Gasteiger partial charge on any atom is -0.481 e. The topological polar surface area (TPSA) is 54.4 Å². The summed E-state index contributed by atoms with van der Waals surface area (Å²) in [5.74, 6) is -0.924. The smallest absolute Gasteiger partial charge is 0.307 e. The summed E-state index contributed by atoms with van der Waals surface area (Å²) in [7, 11) is -1.34. The third-order valence-corrected chi connectivity index (χ3v) is 3.97. The lowest BCUT2D eigenvalue weighted by molar-refractivity contribution is -0.136. The predicted molar refractivity (Wildman–Crippen MR) is 68.9 cm³/mol. The molecule has 2 aromatic carbocycles. The van der Waals surface area contributed by atoms with E-state index in [4.69, 9.17) is 5.11 Å². The molecule has 2 rings (SSSR count). The second-order valence-corrected chi connectivity index (χ2v) is 5.21. The zero-order valence-corrected chi connectivity index (χ0v) is 10.4. The fourth-order valence-corrected chi connectivity index (χ4v) is 2.90. The van der Waals surface area contributed by atoms with Gasteiger partial charge >= 0.3 is 5.97 Å². The summed E-state index contributed by atoms with van der Waals surface area (Å²) in [5, 5.41) is 8.84. The molecule has 1 atom stereocenters. The molecule has 2 aromatic rings. The van der Waals surface area contributed by atoms with Gasteiger partial charge in [-0.3, -0.25) is 4.79 Å². The third kappa shape index (κ3) is 2.84. The molecule has 0 amide bonds. The van der Waals surface area contributed by atoms with Crippen LogP contribution in [0.1, 0.15) is 5.56 Å². The molecule has 0 aromatic heterocycles. The van der Waals surface area contributed by atoms with E-state index in [0.717, 1.165) is 0 Å². The van der Waals surface area contributed by atoms with Crippen molar-refractivity contribution >= 4 is 16.8 Å². The van der Waals surface area contributed by atoms with Crippen molar-refractivity contribution in [1.82, 2.24) is 0 Å². The Morgan fingerprint density at radius 3 is 2.28 bits per heavy atom. The highest BCUT2D eigenvalue weighted by Crippen LogP contribution is 2.20. The lowest BCUT2D eigenvalue weighted by atomic mass is 10.1. The van der Waals surface area contributed by atoms with Crippen molar-refractivity contribution in [2.24, 2.45) is 0 Å². The molecule has 0 heterocycles. The number of carbonyl (C=O) groups is 1. The van der Waals surface area contributed by atoms with Gasteiger partial charge in [-0.25, -0.2) is 4.21 Å². The molecule has 0 saturated carbocycles. The number of aliphatic carboxylic acids is 1. The van der Waals surface area contributed by atoms with Crippen molar-refractivity contribution in [2.75, 3.05) is 0 Å². The minimum atomic E-state index is -1.34. The van der Waals surface area contributed by atoms with E-state index in [1.165, 1.54) is 0 Å². The van der Waals surface area contributed by atoms with Crippen LogP contribution in [0.5, 0.6) is 0 Å². The average Bonchev–Trinajstić information content (AvgIpc) is 2.39. The van der Waals surface area contributed by atoms with Crippen molar-refractivity contribution in [3.05, 3.63) is 60.2 Å². The van der Waals surface area contributed by atoms with Crippen LogP contribution in [0.3, 0.4) is 0 Å². The van der Waals surface area contributed by atoms with Crippen molar-refractivity contribution in [3.8, 4) is 0 Å². The Labute approximate surface area is 108 Å². The zero-order chi connectivity index (χ0) is 13.0. The van der Waals surface area contributed by atoms with E-state index in [-0.39, 0.29) is 6.42 Å². The van der Waals surface area contributed by atoms with Crippen LogP contribution in [0.25, 0.3) is 0 Å². The number of carboxylic acids is 1. The Hall–Kier alpha value is -1.94. The summed E-state index contributed by atoms with van der Waals surface area (Å²) in [6, 6.07) is 15.9. The van der Waals surface area contributed by atoms with Crippen LogP contribution >= 0.6 is 0 Å². The molecular weight excluding hydrogens is 248 g/mol.